The van der Waals surface area contributed by atoms with Crippen LogP contribution in [-0.2, 0) is 19.1 Å². The second-order valence-electron chi connectivity index (χ2n) is 7.93. The average Bonchev–Trinajstić information content (AvgIpc) is 2.81. The van der Waals surface area contributed by atoms with Gasteiger partial charge in [0.2, 0.25) is 0 Å². The number of hydrogen-bond donors (Lipinski definition) is 4. The Morgan fingerprint density at radius 3 is 2.29 bits per heavy atom. The number of amides is 2. The van der Waals surface area contributed by atoms with Crippen LogP contribution in [0.5, 0.6) is 0 Å². The summed E-state index contributed by atoms with van der Waals surface area (Å²) < 4.78 is 4.76. The minimum atomic E-state index is -1.90. The predicted octanol–water partition coefficient (Wildman–Crippen LogP) is 1.60. The van der Waals surface area contributed by atoms with Crippen LogP contribution in [-0.4, -0.2) is 53.9 Å². The monoisotopic (exact) mass is 428 g/mol. The van der Waals surface area contributed by atoms with Gasteiger partial charge in [-0.1, -0.05) is 30.3 Å². The maximum atomic E-state index is 12.3. The Kier molecular flexibility index (Phi) is 7.59. The van der Waals surface area contributed by atoms with Crippen LogP contribution in [0.3, 0.4) is 0 Å². The lowest BCUT2D eigenvalue weighted by molar-refractivity contribution is -0.147. The minimum absolute atomic E-state index is 0.108. The lowest BCUT2D eigenvalue weighted by Gasteiger charge is -2.27. The van der Waals surface area contributed by atoms with E-state index in [1.54, 1.807) is 12.1 Å². The van der Waals surface area contributed by atoms with Crippen LogP contribution in [0.1, 0.15) is 25.7 Å². The molecule has 0 radical (unpaired) electrons. The minimum Gasteiger partial charge on any atom is -0.469 e. The van der Waals surface area contributed by atoms with Crippen LogP contribution in [0, 0.1) is 11.8 Å². The zero-order valence-corrected chi connectivity index (χ0v) is 17.4. The molecular weight excluding hydrogens is 400 g/mol. The molecule has 0 spiro atoms. The molecule has 2 aromatic carbocycles. The van der Waals surface area contributed by atoms with Gasteiger partial charge in [0.15, 0.2) is 12.2 Å². The predicted molar refractivity (Wildman–Crippen MR) is 115 cm³/mol. The van der Waals surface area contributed by atoms with Crippen molar-refractivity contribution in [2.45, 2.75) is 37.9 Å². The van der Waals surface area contributed by atoms with Crippen molar-refractivity contribution in [3.8, 4) is 0 Å². The van der Waals surface area contributed by atoms with Gasteiger partial charge in [0, 0.05) is 12.2 Å². The first kappa shape index (κ1) is 22.7. The summed E-state index contributed by atoms with van der Waals surface area (Å²) in [6.07, 6.45) is -0.908. The number of fused-ring (bicyclic) bond motifs is 1. The third kappa shape index (κ3) is 5.80. The largest absolute Gasteiger partial charge is 0.469 e. The molecule has 1 aliphatic carbocycles. The average molecular weight is 428 g/mol. The number of anilines is 1. The highest BCUT2D eigenvalue weighted by molar-refractivity contribution is 5.99. The Hall–Kier alpha value is -2.97. The van der Waals surface area contributed by atoms with Gasteiger partial charge >= 0.3 is 5.97 Å². The van der Waals surface area contributed by atoms with E-state index >= 15 is 0 Å². The van der Waals surface area contributed by atoms with Gasteiger partial charge in [-0.05, 0) is 54.5 Å². The van der Waals surface area contributed by atoms with E-state index in [-0.39, 0.29) is 17.8 Å². The van der Waals surface area contributed by atoms with Gasteiger partial charge in [-0.3, -0.25) is 14.4 Å². The fourth-order valence-electron chi connectivity index (χ4n) is 3.89. The SMILES string of the molecule is COC(=O)C1CCC(CNC(=O)C(O)C(O)C(=O)Nc2ccc3ccccc3c2)CC1. The van der Waals surface area contributed by atoms with E-state index in [1.165, 1.54) is 7.11 Å². The maximum absolute atomic E-state index is 12.3. The van der Waals surface area contributed by atoms with Crippen molar-refractivity contribution in [2.24, 2.45) is 11.8 Å². The topological polar surface area (TPSA) is 125 Å². The molecule has 8 nitrogen and oxygen atoms in total. The molecule has 1 aliphatic rings. The highest BCUT2D eigenvalue weighted by atomic mass is 16.5. The number of carbonyl (C=O) groups excluding carboxylic acids is 3. The molecule has 2 amide bonds. The summed E-state index contributed by atoms with van der Waals surface area (Å²) in [5.74, 6) is -1.82. The summed E-state index contributed by atoms with van der Waals surface area (Å²) in [4.78, 5) is 36.1. The van der Waals surface area contributed by atoms with Crippen LogP contribution >= 0.6 is 0 Å². The Labute approximate surface area is 180 Å². The van der Waals surface area contributed by atoms with Crippen LogP contribution in [0.4, 0.5) is 5.69 Å². The van der Waals surface area contributed by atoms with Crippen molar-refractivity contribution in [1.29, 1.82) is 0 Å². The molecule has 2 atom stereocenters. The molecular formula is C23H28N2O6. The van der Waals surface area contributed by atoms with Crippen molar-refractivity contribution < 1.29 is 29.3 Å². The molecule has 2 aromatic rings. The van der Waals surface area contributed by atoms with Crippen LogP contribution in [0.15, 0.2) is 42.5 Å². The second-order valence-corrected chi connectivity index (χ2v) is 7.93. The summed E-state index contributed by atoms with van der Waals surface area (Å²) in [6, 6.07) is 12.9. The van der Waals surface area contributed by atoms with Gasteiger partial charge in [0.25, 0.3) is 11.8 Å². The molecule has 3 rings (SSSR count). The summed E-state index contributed by atoms with van der Waals surface area (Å²) in [7, 11) is 1.37. The fourth-order valence-corrected chi connectivity index (χ4v) is 3.89. The van der Waals surface area contributed by atoms with E-state index in [2.05, 4.69) is 10.6 Å². The van der Waals surface area contributed by atoms with E-state index in [0.29, 0.717) is 25.1 Å². The lowest BCUT2D eigenvalue weighted by atomic mass is 9.82. The maximum Gasteiger partial charge on any atom is 0.308 e. The van der Waals surface area contributed by atoms with Crippen molar-refractivity contribution in [1.82, 2.24) is 5.32 Å². The van der Waals surface area contributed by atoms with Gasteiger partial charge in [0.05, 0.1) is 13.0 Å². The molecule has 8 heteroatoms. The van der Waals surface area contributed by atoms with Crippen molar-refractivity contribution in [3.63, 3.8) is 0 Å². The van der Waals surface area contributed by atoms with Crippen LogP contribution in [0.25, 0.3) is 10.8 Å². The van der Waals surface area contributed by atoms with Gasteiger partial charge in [0.1, 0.15) is 0 Å². The van der Waals surface area contributed by atoms with E-state index in [1.807, 2.05) is 30.3 Å². The molecule has 166 valence electrons. The Bertz CT molecular complexity index is 939. The quantitative estimate of drug-likeness (QED) is 0.497. The number of aliphatic hydroxyl groups excluding tert-OH is 2. The fraction of sp³-hybridized carbons (Fsp3) is 0.435. The van der Waals surface area contributed by atoms with Gasteiger partial charge in [-0.2, -0.15) is 0 Å². The number of esters is 1. The molecule has 4 N–H and O–H groups in total. The highest BCUT2D eigenvalue weighted by Gasteiger charge is 2.32. The molecule has 31 heavy (non-hydrogen) atoms. The normalized spacial score (nSPS) is 20.5. The molecule has 0 heterocycles. The number of nitrogens with one attached hydrogen (secondary N) is 2. The smallest absolute Gasteiger partial charge is 0.308 e. The second kappa shape index (κ2) is 10.4. The van der Waals surface area contributed by atoms with Gasteiger partial charge in [-0.25, -0.2) is 0 Å². The van der Waals surface area contributed by atoms with Crippen LogP contribution < -0.4 is 10.6 Å². The summed E-state index contributed by atoms with van der Waals surface area (Å²) in [6.45, 7) is 0.308. The first-order chi connectivity index (χ1) is 14.9. The number of methoxy groups -OCH3 is 1. The van der Waals surface area contributed by atoms with Gasteiger partial charge in [-0.15, -0.1) is 0 Å². The number of carbonyl (C=O) groups is 3. The third-order valence-electron chi connectivity index (χ3n) is 5.80. The summed E-state index contributed by atoms with van der Waals surface area (Å²) >= 11 is 0. The zero-order valence-electron chi connectivity index (χ0n) is 17.4. The lowest BCUT2D eigenvalue weighted by Crippen LogP contribution is -2.48. The first-order valence-electron chi connectivity index (χ1n) is 10.4. The van der Waals surface area contributed by atoms with Crippen molar-refractivity contribution in [3.05, 3.63) is 42.5 Å². The Morgan fingerprint density at radius 1 is 0.968 bits per heavy atom. The summed E-state index contributed by atoms with van der Waals surface area (Å²) in [5.41, 5.74) is 0.456. The van der Waals surface area contributed by atoms with E-state index in [0.717, 1.165) is 23.6 Å². The zero-order chi connectivity index (χ0) is 22.4. The van der Waals surface area contributed by atoms with E-state index in [9.17, 15) is 24.6 Å². The van der Waals surface area contributed by atoms with E-state index < -0.39 is 24.0 Å². The van der Waals surface area contributed by atoms with Crippen molar-refractivity contribution >= 4 is 34.2 Å². The molecule has 0 saturated heterocycles. The first-order valence-corrected chi connectivity index (χ1v) is 10.4. The van der Waals surface area contributed by atoms with Crippen molar-refractivity contribution in [2.75, 3.05) is 19.0 Å². The standard InChI is InChI=1S/C23H28N2O6/c1-31-23(30)16-8-6-14(7-9-16)13-24-21(28)19(26)20(27)22(29)25-18-11-10-15-4-2-3-5-17(15)12-18/h2-5,10-12,14,16,19-20,26-27H,6-9,13H2,1H3,(H,24,28)(H,25,29). The number of aliphatic hydroxyl groups is 2. The molecule has 0 aromatic heterocycles. The number of benzene rings is 2. The number of ether oxygens (including phenoxy) is 1. The van der Waals surface area contributed by atoms with Crippen LogP contribution in [0.2, 0.25) is 0 Å². The Balaban J connectivity index is 1.47. The molecule has 2 unspecified atom stereocenters. The molecule has 1 saturated carbocycles. The molecule has 0 bridgehead atoms. The third-order valence-corrected chi connectivity index (χ3v) is 5.80. The molecule has 1 fully saturated rings. The number of hydrogen-bond acceptors (Lipinski definition) is 6. The molecule has 0 aliphatic heterocycles. The number of rotatable bonds is 7. The van der Waals surface area contributed by atoms with Gasteiger partial charge < -0.3 is 25.6 Å². The van der Waals surface area contributed by atoms with E-state index in [4.69, 9.17) is 4.74 Å². The summed E-state index contributed by atoms with van der Waals surface area (Å²) in [5, 5.41) is 27.2. The highest BCUT2D eigenvalue weighted by Crippen LogP contribution is 2.29. The Morgan fingerprint density at radius 2 is 1.61 bits per heavy atom.